The highest BCUT2D eigenvalue weighted by atomic mass is 32.2. The van der Waals surface area contributed by atoms with Gasteiger partial charge in [0.1, 0.15) is 11.5 Å². The standard InChI is InChI=1S/C18H14F3N3O4S/c1-22-18(25)28-10-11-8-14(12-4-3-7-23-17(12)21)24(9-11)29(26,27)15-6-2-5-13(19)16(15)20/h2-9H,10H2,1H3,(H,22,25). The first-order valence-corrected chi connectivity index (χ1v) is 9.56. The molecule has 7 nitrogen and oxygen atoms in total. The predicted molar refractivity (Wildman–Crippen MR) is 95.8 cm³/mol. The van der Waals surface area contributed by atoms with E-state index in [9.17, 15) is 26.4 Å². The number of carbonyl (C=O) groups is 1. The Labute approximate surface area is 163 Å². The van der Waals surface area contributed by atoms with Gasteiger partial charge in [-0.15, -0.1) is 0 Å². The molecule has 0 atom stereocenters. The SMILES string of the molecule is CNC(=O)OCc1cc(-c2cccnc2F)n(S(=O)(=O)c2cccc(F)c2F)c1. The number of pyridine rings is 1. The van der Waals surface area contributed by atoms with Gasteiger partial charge >= 0.3 is 6.09 Å². The highest BCUT2D eigenvalue weighted by Crippen LogP contribution is 2.30. The van der Waals surface area contributed by atoms with Crippen LogP contribution in [-0.4, -0.2) is 30.5 Å². The molecule has 0 fully saturated rings. The Morgan fingerprint density at radius 3 is 2.66 bits per heavy atom. The molecule has 1 N–H and O–H groups in total. The van der Waals surface area contributed by atoms with Crippen molar-refractivity contribution in [3.63, 3.8) is 0 Å². The van der Waals surface area contributed by atoms with E-state index in [1.165, 1.54) is 31.4 Å². The van der Waals surface area contributed by atoms with Crippen LogP contribution in [0.2, 0.25) is 0 Å². The van der Waals surface area contributed by atoms with Gasteiger partial charge in [-0.1, -0.05) is 6.07 Å². The molecule has 0 radical (unpaired) electrons. The minimum absolute atomic E-state index is 0.173. The second-order valence-electron chi connectivity index (χ2n) is 5.75. The molecule has 3 rings (SSSR count). The number of hydrogen-bond acceptors (Lipinski definition) is 5. The van der Waals surface area contributed by atoms with Crippen molar-refractivity contribution in [1.82, 2.24) is 14.3 Å². The number of amides is 1. The zero-order chi connectivity index (χ0) is 21.2. The molecule has 0 spiro atoms. The number of nitrogens with one attached hydrogen (secondary N) is 1. The van der Waals surface area contributed by atoms with Crippen LogP contribution in [0.5, 0.6) is 0 Å². The van der Waals surface area contributed by atoms with E-state index in [2.05, 4.69) is 10.3 Å². The Morgan fingerprint density at radius 1 is 1.21 bits per heavy atom. The first kappa shape index (κ1) is 20.4. The summed E-state index contributed by atoms with van der Waals surface area (Å²) in [6.45, 7) is -0.345. The van der Waals surface area contributed by atoms with Crippen molar-refractivity contribution in [2.45, 2.75) is 11.5 Å². The van der Waals surface area contributed by atoms with Gasteiger partial charge in [-0.25, -0.2) is 30.9 Å². The fraction of sp³-hybridized carbons (Fsp3) is 0.111. The summed E-state index contributed by atoms with van der Waals surface area (Å²) < 4.78 is 73.5. The number of nitrogens with zero attached hydrogens (tertiary/aromatic N) is 2. The third-order valence-electron chi connectivity index (χ3n) is 3.90. The molecule has 0 saturated heterocycles. The molecule has 0 unspecified atom stereocenters. The van der Waals surface area contributed by atoms with Crippen molar-refractivity contribution < 1.29 is 31.1 Å². The van der Waals surface area contributed by atoms with Gasteiger partial charge in [-0.05, 0) is 30.3 Å². The van der Waals surface area contributed by atoms with Crippen LogP contribution in [0.4, 0.5) is 18.0 Å². The zero-order valence-electron chi connectivity index (χ0n) is 14.9. The number of hydrogen-bond donors (Lipinski definition) is 1. The first-order chi connectivity index (χ1) is 13.8. The average molecular weight is 425 g/mol. The number of alkyl carbamates (subject to hydrolysis) is 1. The topological polar surface area (TPSA) is 90.3 Å². The van der Waals surface area contributed by atoms with Crippen molar-refractivity contribution in [2.24, 2.45) is 0 Å². The number of ether oxygens (including phenoxy) is 1. The van der Waals surface area contributed by atoms with Crippen molar-refractivity contribution in [3.8, 4) is 11.3 Å². The van der Waals surface area contributed by atoms with Crippen molar-refractivity contribution >= 4 is 16.1 Å². The molecular weight excluding hydrogens is 411 g/mol. The summed E-state index contributed by atoms with van der Waals surface area (Å²) in [4.78, 5) is 13.8. The highest BCUT2D eigenvalue weighted by Gasteiger charge is 2.27. The summed E-state index contributed by atoms with van der Waals surface area (Å²) >= 11 is 0. The lowest BCUT2D eigenvalue weighted by atomic mass is 10.2. The van der Waals surface area contributed by atoms with Gasteiger partial charge in [-0.3, -0.25) is 0 Å². The van der Waals surface area contributed by atoms with Crippen molar-refractivity contribution in [2.75, 3.05) is 7.05 Å². The van der Waals surface area contributed by atoms with Gasteiger partial charge in [-0.2, -0.15) is 4.39 Å². The molecule has 0 saturated carbocycles. The predicted octanol–water partition coefficient (Wildman–Crippen LogP) is 3.06. The molecule has 1 aromatic carbocycles. The fourth-order valence-corrected chi connectivity index (χ4v) is 4.03. The summed E-state index contributed by atoms with van der Waals surface area (Å²) in [6.07, 6.45) is 1.43. The normalized spacial score (nSPS) is 11.3. The molecule has 152 valence electrons. The van der Waals surface area contributed by atoms with E-state index in [4.69, 9.17) is 4.74 Å². The number of rotatable bonds is 5. The van der Waals surface area contributed by atoms with Crippen LogP contribution in [0.1, 0.15) is 5.56 Å². The maximum absolute atomic E-state index is 14.2. The fourth-order valence-electron chi connectivity index (χ4n) is 2.56. The molecular formula is C18H14F3N3O4S. The summed E-state index contributed by atoms with van der Waals surface area (Å²) in [5, 5.41) is 2.22. The lowest BCUT2D eigenvalue weighted by Gasteiger charge is -2.11. The Bertz CT molecular complexity index is 1180. The third kappa shape index (κ3) is 3.94. The molecule has 11 heteroatoms. The van der Waals surface area contributed by atoms with Crippen LogP contribution < -0.4 is 5.32 Å². The van der Waals surface area contributed by atoms with Crippen LogP contribution in [0, 0.1) is 17.6 Å². The van der Waals surface area contributed by atoms with E-state index < -0.39 is 38.6 Å². The van der Waals surface area contributed by atoms with E-state index in [-0.39, 0.29) is 23.4 Å². The molecule has 0 aliphatic rings. The van der Waals surface area contributed by atoms with Gasteiger partial charge in [0, 0.05) is 25.0 Å². The maximum Gasteiger partial charge on any atom is 0.407 e. The van der Waals surface area contributed by atoms with Gasteiger partial charge < -0.3 is 10.1 Å². The number of halogens is 3. The molecule has 1 amide bonds. The van der Waals surface area contributed by atoms with E-state index in [1.54, 1.807) is 0 Å². The van der Waals surface area contributed by atoms with Crippen LogP contribution in [0.15, 0.2) is 53.7 Å². The van der Waals surface area contributed by atoms with Gasteiger partial charge in [0.25, 0.3) is 10.0 Å². The second kappa shape index (κ2) is 7.95. The Kier molecular flexibility index (Phi) is 5.59. The Balaban J connectivity index is 2.18. The summed E-state index contributed by atoms with van der Waals surface area (Å²) in [7, 11) is -3.33. The summed E-state index contributed by atoms with van der Waals surface area (Å²) in [5.74, 6) is -3.89. The van der Waals surface area contributed by atoms with E-state index in [1.807, 2.05) is 0 Å². The third-order valence-corrected chi connectivity index (χ3v) is 5.60. The molecule has 2 aromatic heterocycles. The van der Waals surface area contributed by atoms with E-state index in [0.717, 1.165) is 24.4 Å². The smallest absolute Gasteiger partial charge is 0.407 e. The minimum atomic E-state index is -4.66. The number of benzene rings is 1. The quantitative estimate of drug-likeness (QED) is 0.635. The minimum Gasteiger partial charge on any atom is -0.445 e. The molecule has 29 heavy (non-hydrogen) atoms. The van der Waals surface area contributed by atoms with Gasteiger partial charge in [0.2, 0.25) is 5.95 Å². The Morgan fingerprint density at radius 2 is 1.97 bits per heavy atom. The van der Waals surface area contributed by atoms with E-state index >= 15 is 0 Å². The largest absolute Gasteiger partial charge is 0.445 e. The zero-order valence-corrected chi connectivity index (χ0v) is 15.7. The number of aromatic nitrogens is 2. The van der Waals surface area contributed by atoms with Crippen LogP contribution >= 0.6 is 0 Å². The summed E-state index contributed by atoms with van der Waals surface area (Å²) in [6, 6.07) is 6.60. The first-order valence-electron chi connectivity index (χ1n) is 8.12. The van der Waals surface area contributed by atoms with E-state index in [0.29, 0.717) is 3.97 Å². The van der Waals surface area contributed by atoms with Crippen molar-refractivity contribution in [1.29, 1.82) is 0 Å². The molecule has 0 aliphatic carbocycles. The average Bonchev–Trinajstić information content (AvgIpc) is 3.13. The molecule has 0 bridgehead atoms. The van der Waals surface area contributed by atoms with Gasteiger partial charge in [0.15, 0.2) is 11.6 Å². The number of carbonyl (C=O) groups excluding carboxylic acids is 1. The van der Waals surface area contributed by atoms with Crippen LogP contribution in [0.25, 0.3) is 11.3 Å². The maximum atomic E-state index is 14.2. The van der Waals surface area contributed by atoms with Crippen molar-refractivity contribution in [3.05, 3.63) is 71.9 Å². The molecule has 3 aromatic rings. The monoisotopic (exact) mass is 425 g/mol. The van der Waals surface area contributed by atoms with Crippen LogP contribution in [0.3, 0.4) is 0 Å². The lowest BCUT2D eigenvalue weighted by molar-refractivity contribution is 0.142. The van der Waals surface area contributed by atoms with Gasteiger partial charge in [0.05, 0.1) is 11.3 Å². The lowest BCUT2D eigenvalue weighted by Crippen LogP contribution is -2.18. The second-order valence-corrected chi connectivity index (χ2v) is 7.54. The van der Waals surface area contributed by atoms with Crippen LogP contribution in [-0.2, 0) is 21.4 Å². The Hall–Kier alpha value is -3.34. The molecule has 0 aliphatic heterocycles. The summed E-state index contributed by atoms with van der Waals surface area (Å²) in [5.41, 5.74) is -0.221. The molecule has 2 heterocycles. The highest BCUT2D eigenvalue weighted by molar-refractivity contribution is 7.90.